The fraction of sp³-hybridized carbons (Fsp3) is 0.625. The third kappa shape index (κ3) is 9.79. The predicted octanol–water partition coefficient (Wildman–Crippen LogP) is 6.79. The molecule has 2 rings (SSSR count). The molecule has 0 aliphatic carbocycles. The highest BCUT2D eigenvalue weighted by molar-refractivity contribution is 7.89. The van der Waals surface area contributed by atoms with E-state index >= 15 is 0 Å². The Morgan fingerprint density at radius 2 is 1.43 bits per heavy atom. The van der Waals surface area contributed by atoms with Gasteiger partial charge in [0, 0.05) is 0 Å². The Balaban J connectivity index is 1.49. The van der Waals surface area contributed by atoms with Gasteiger partial charge in [0.1, 0.15) is 11.8 Å². The lowest BCUT2D eigenvalue weighted by atomic mass is 10.0. The van der Waals surface area contributed by atoms with Crippen LogP contribution >= 0.6 is 0 Å². The number of hydrogen-bond donors (Lipinski definition) is 0. The van der Waals surface area contributed by atoms with Crippen molar-refractivity contribution in [3.8, 4) is 0 Å². The molecule has 0 atom stereocenters. The molecule has 0 radical (unpaired) electrons. The Labute approximate surface area is 182 Å². The first-order valence-electron chi connectivity index (χ1n) is 11.7. The number of imidazole rings is 1. The summed E-state index contributed by atoms with van der Waals surface area (Å²) in [6.45, 7) is 2.26. The Kier molecular flexibility index (Phi) is 11.6. The molecule has 0 aliphatic heterocycles. The van der Waals surface area contributed by atoms with Gasteiger partial charge in [-0.05, 0) is 25.0 Å². The van der Waals surface area contributed by atoms with Gasteiger partial charge in [-0.3, -0.25) is 4.28 Å². The van der Waals surface area contributed by atoms with Crippen molar-refractivity contribution >= 4 is 21.2 Å². The van der Waals surface area contributed by atoms with E-state index in [9.17, 15) is 8.42 Å². The van der Waals surface area contributed by atoms with Crippen LogP contribution in [0.3, 0.4) is 0 Å². The molecule has 168 valence electrons. The van der Waals surface area contributed by atoms with Gasteiger partial charge in [0.15, 0.2) is 0 Å². The quantitative estimate of drug-likeness (QED) is 0.257. The van der Waals surface area contributed by atoms with Crippen molar-refractivity contribution in [2.24, 2.45) is 0 Å². The van der Waals surface area contributed by atoms with Crippen LogP contribution in [0.1, 0.15) is 96.8 Å². The SMILES string of the molecule is CCCCCCCCCCCCCCCC=CS(=O)(=O)On1cnc2ccccc21. The van der Waals surface area contributed by atoms with Crippen molar-refractivity contribution in [3.05, 3.63) is 42.1 Å². The maximum Gasteiger partial charge on any atom is 0.349 e. The van der Waals surface area contributed by atoms with Gasteiger partial charge in [-0.25, -0.2) is 4.98 Å². The lowest BCUT2D eigenvalue weighted by Crippen LogP contribution is -2.16. The number of para-hydroxylation sites is 2. The molecule has 0 bridgehead atoms. The molecule has 5 nitrogen and oxygen atoms in total. The molecule has 0 saturated heterocycles. The lowest BCUT2D eigenvalue weighted by molar-refractivity contribution is 0.295. The van der Waals surface area contributed by atoms with Crippen LogP contribution in [0.15, 0.2) is 42.1 Å². The largest absolute Gasteiger partial charge is 0.349 e. The highest BCUT2D eigenvalue weighted by atomic mass is 32.2. The molecular weight excluding hydrogens is 396 g/mol. The third-order valence-corrected chi connectivity index (χ3v) is 6.24. The minimum atomic E-state index is -3.77. The van der Waals surface area contributed by atoms with Gasteiger partial charge in [-0.15, -0.1) is 0 Å². The molecule has 1 heterocycles. The molecule has 6 heteroatoms. The number of aromatic nitrogens is 2. The average Bonchev–Trinajstić information content (AvgIpc) is 3.13. The molecule has 0 spiro atoms. The summed E-state index contributed by atoms with van der Waals surface area (Å²) in [6.07, 6.45) is 20.8. The van der Waals surface area contributed by atoms with Crippen molar-refractivity contribution in [3.63, 3.8) is 0 Å². The van der Waals surface area contributed by atoms with E-state index in [2.05, 4.69) is 11.9 Å². The summed E-state index contributed by atoms with van der Waals surface area (Å²) in [5.41, 5.74) is 1.33. The van der Waals surface area contributed by atoms with E-state index in [-0.39, 0.29) is 0 Å². The standard InChI is InChI=1S/C24H38N2O3S/c1-2-3-4-5-6-7-8-9-10-11-12-13-14-15-18-21-30(27,28)29-26-22-25-23-19-16-17-20-24(23)26/h16-22H,2-15H2,1H3. The van der Waals surface area contributed by atoms with Crippen molar-refractivity contribution in [1.29, 1.82) is 0 Å². The van der Waals surface area contributed by atoms with E-state index < -0.39 is 10.1 Å². The van der Waals surface area contributed by atoms with Crippen molar-refractivity contribution in [2.45, 2.75) is 96.8 Å². The zero-order chi connectivity index (χ0) is 21.5. The molecule has 0 unspecified atom stereocenters. The molecule has 0 fully saturated rings. The summed E-state index contributed by atoms with van der Waals surface area (Å²) < 4.78 is 30.5. The van der Waals surface area contributed by atoms with Crippen molar-refractivity contribution < 1.29 is 12.7 Å². The molecule has 1 aromatic carbocycles. The molecule has 0 N–H and O–H groups in total. The van der Waals surface area contributed by atoms with Crippen LogP contribution in [0.25, 0.3) is 11.0 Å². The minimum absolute atomic E-state index is 0.631. The van der Waals surface area contributed by atoms with Crippen molar-refractivity contribution in [2.75, 3.05) is 0 Å². The molecule has 1 aromatic heterocycles. The molecule has 0 aliphatic rings. The monoisotopic (exact) mass is 434 g/mol. The summed E-state index contributed by atoms with van der Waals surface area (Å²) in [4.78, 5) is 4.13. The molecule has 0 saturated carbocycles. The van der Waals surface area contributed by atoms with E-state index in [4.69, 9.17) is 4.28 Å². The van der Waals surface area contributed by atoms with Crippen LogP contribution in [0.4, 0.5) is 0 Å². The minimum Gasteiger partial charge on any atom is -0.283 e. The molecule has 2 aromatic rings. The summed E-state index contributed by atoms with van der Waals surface area (Å²) in [5.74, 6) is 0. The van der Waals surface area contributed by atoms with Gasteiger partial charge in [0.25, 0.3) is 0 Å². The Morgan fingerprint density at radius 1 is 0.867 bits per heavy atom. The number of unbranched alkanes of at least 4 members (excludes halogenated alkanes) is 13. The van der Waals surface area contributed by atoms with Crippen molar-refractivity contribution in [1.82, 2.24) is 9.71 Å². The second-order valence-electron chi connectivity index (χ2n) is 8.03. The summed E-state index contributed by atoms with van der Waals surface area (Å²) in [7, 11) is -3.77. The van der Waals surface area contributed by atoms with Crippen LogP contribution in [-0.2, 0) is 10.1 Å². The van der Waals surface area contributed by atoms with E-state index in [0.717, 1.165) is 24.7 Å². The second kappa shape index (κ2) is 14.2. The normalized spacial score (nSPS) is 12.2. The second-order valence-corrected chi connectivity index (χ2v) is 9.44. The smallest absolute Gasteiger partial charge is 0.283 e. The van der Waals surface area contributed by atoms with Crippen LogP contribution in [0.5, 0.6) is 0 Å². The zero-order valence-electron chi connectivity index (χ0n) is 18.5. The first kappa shape index (κ1) is 24.4. The maximum atomic E-state index is 12.1. The van der Waals surface area contributed by atoms with E-state index in [0.29, 0.717) is 11.0 Å². The first-order valence-corrected chi connectivity index (χ1v) is 13.1. The fourth-order valence-electron chi connectivity index (χ4n) is 3.60. The predicted molar refractivity (Wildman–Crippen MR) is 125 cm³/mol. The number of fused-ring (bicyclic) bond motifs is 1. The number of nitrogens with zero attached hydrogens (tertiary/aromatic N) is 2. The summed E-state index contributed by atoms with van der Waals surface area (Å²) in [5, 5.41) is 1.16. The summed E-state index contributed by atoms with van der Waals surface area (Å²) >= 11 is 0. The van der Waals surface area contributed by atoms with Gasteiger partial charge in [-0.1, -0.05) is 102 Å². The third-order valence-electron chi connectivity index (χ3n) is 5.34. The van der Waals surface area contributed by atoms with Gasteiger partial charge < -0.3 is 0 Å². The highest BCUT2D eigenvalue weighted by Gasteiger charge is 2.10. The maximum absolute atomic E-state index is 12.1. The van der Waals surface area contributed by atoms with Gasteiger partial charge >= 0.3 is 10.1 Å². The van der Waals surface area contributed by atoms with E-state index in [1.54, 1.807) is 12.1 Å². The Bertz CT molecular complexity index is 843. The topological polar surface area (TPSA) is 61.2 Å². The molecule has 0 amide bonds. The number of rotatable bonds is 17. The van der Waals surface area contributed by atoms with Gasteiger partial charge in [0.05, 0.1) is 10.9 Å². The van der Waals surface area contributed by atoms with Gasteiger partial charge in [-0.2, -0.15) is 13.1 Å². The fourth-order valence-corrected chi connectivity index (χ4v) is 4.36. The molecular formula is C24H38N2O3S. The number of allylic oxidation sites excluding steroid dienone is 1. The average molecular weight is 435 g/mol. The lowest BCUT2D eigenvalue weighted by Gasteiger charge is -2.04. The molecule has 30 heavy (non-hydrogen) atoms. The first-order chi connectivity index (χ1) is 14.6. The highest BCUT2D eigenvalue weighted by Crippen LogP contribution is 2.14. The van der Waals surface area contributed by atoms with Crippen LogP contribution in [0.2, 0.25) is 0 Å². The number of hydrogen-bond acceptors (Lipinski definition) is 4. The van der Waals surface area contributed by atoms with Crippen LogP contribution in [0, 0.1) is 0 Å². The van der Waals surface area contributed by atoms with E-state index in [1.807, 2.05) is 18.2 Å². The Hall–Kier alpha value is -1.82. The van der Waals surface area contributed by atoms with E-state index in [1.165, 1.54) is 81.7 Å². The van der Waals surface area contributed by atoms with Crippen LogP contribution < -0.4 is 4.28 Å². The Morgan fingerprint density at radius 3 is 2.07 bits per heavy atom. The van der Waals surface area contributed by atoms with Crippen LogP contribution in [-0.4, -0.2) is 18.1 Å². The number of benzene rings is 1. The van der Waals surface area contributed by atoms with Gasteiger partial charge in [0.2, 0.25) is 0 Å². The zero-order valence-corrected chi connectivity index (χ0v) is 19.3. The summed E-state index contributed by atoms with van der Waals surface area (Å²) in [6, 6.07) is 7.26.